The summed E-state index contributed by atoms with van der Waals surface area (Å²) in [4.78, 5) is 13.1. The van der Waals surface area contributed by atoms with Crippen LogP contribution < -0.4 is 5.32 Å². The van der Waals surface area contributed by atoms with E-state index in [4.69, 9.17) is 17.3 Å². The lowest BCUT2D eigenvalue weighted by atomic mass is 10.1. The number of carbonyl (C=O) groups excluding carboxylic acids is 1. The number of hydrogen-bond acceptors (Lipinski definition) is 4. The highest BCUT2D eigenvalue weighted by atomic mass is 32.1. The van der Waals surface area contributed by atoms with Crippen LogP contribution in [0.1, 0.15) is 40.6 Å². The van der Waals surface area contributed by atoms with Gasteiger partial charge in [-0.15, -0.1) is 0 Å². The summed E-state index contributed by atoms with van der Waals surface area (Å²) in [5, 5.41) is 14.9. The number of rotatable bonds is 7. The number of nitrogens with one attached hydrogen (secondary N) is 2. The van der Waals surface area contributed by atoms with Crippen LogP contribution in [0.3, 0.4) is 0 Å². The molecule has 4 aromatic rings. The number of benzene rings is 2. The molecule has 31 heavy (non-hydrogen) atoms. The summed E-state index contributed by atoms with van der Waals surface area (Å²) < 4.78 is 4.42. The molecule has 1 fully saturated rings. The maximum Gasteiger partial charge on any atom is 0.255 e. The minimum absolute atomic E-state index is 0.186. The first-order valence-corrected chi connectivity index (χ1v) is 10.7. The van der Waals surface area contributed by atoms with Gasteiger partial charge in [-0.3, -0.25) is 19.1 Å². The normalized spacial score (nSPS) is 13.3. The lowest BCUT2D eigenvalue weighted by Gasteiger charge is -2.07. The van der Waals surface area contributed by atoms with Crippen molar-refractivity contribution in [3.8, 4) is 11.3 Å². The summed E-state index contributed by atoms with van der Waals surface area (Å²) in [6, 6.07) is 20.2. The topological polar surface area (TPSA) is 80.5 Å². The van der Waals surface area contributed by atoms with Crippen molar-refractivity contribution in [2.24, 2.45) is 0 Å². The molecule has 0 aliphatic heterocycles. The van der Waals surface area contributed by atoms with E-state index in [0.717, 1.165) is 29.8 Å². The number of H-pyrrole nitrogens is 1. The van der Waals surface area contributed by atoms with E-state index in [9.17, 15) is 4.79 Å². The number of carbonyl (C=O) groups is 1. The molecule has 1 saturated carbocycles. The van der Waals surface area contributed by atoms with E-state index < -0.39 is 0 Å². The molecule has 156 valence electrons. The predicted molar refractivity (Wildman–Crippen MR) is 120 cm³/mol. The predicted octanol–water partition coefficient (Wildman–Crippen LogP) is 4.12. The van der Waals surface area contributed by atoms with Crippen molar-refractivity contribution in [1.29, 1.82) is 0 Å². The number of aromatic nitrogens is 5. The second-order valence-corrected chi connectivity index (χ2v) is 8.06. The number of nitrogens with zero attached hydrogens (tertiary/aromatic N) is 4. The van der Waals surface area contributed by atoms with Crippen LogP contribution in [0.15, 0.2) is 66.9 Å². The van der Waals surface area contributed by atoms with Gasteiger partial charge in [0.1, 0.15) is 5.69 Å². The first-order chi connectivity index (χ1) is 15.2. The lowest BCUT2D eigenvalue weighted by molar-refractivity contribution is 0.0950. The minimum atomic E-state index is -0.186. The summed E-state index contributed by atoms with van der Waals surface area (Å²) in [5.41, 5.74) is 3.22. The van der Waals surface area contributed by atoms with E-state index in [0.29, 0.717) is 35.2 Å². The molecule has 0 spiro atoms. The average molecular weight is 431 g/mol. The molecule has 0 radical (unpaired) electrons. The Hall–Kier alpha value is -3.52. The van der Waals surface area contributed by atoms with Gasteiger partial charge in [0.05, 0.1) is 18.7 Å². The van der Waals surface area contributed by atoms with Crippen molar-refractivity contribution >= 4 is 18.1 Å². The number of amides is 1. The molecule has 1 aliphatic carbocycles. The summed E-state index contributed by atoms with van der Waals surface area (Å²) in [6.07, 6.45) is 4.00. The van der Waals surface area contributed by atoms with Gasteiger partial charge in [-0.2, -0.15) is 10.2 Å². The third kappa shape index (κ3) is 4.20. The van der Waals surface area contributed by atoms with Crippen molar-refractivity contribution < 1.29 is 4.79 Å². The van der Waals surface area contributed by atoms with Crippen LogP contribution in [0.2, 0.25) is 0 Å². The Morgan fingerprint density at radius 3 is 2.52 bits per heavy atom. The highest BCUT2D eigenvalue weighted by Crippen LogP contribution is 2.35. The molecule has 0 atom stereocenters. The smallest absolute Gasteiger partial charge is 0.255 e. The molecule has 0 unspecified atom stereocenters. The molecule has 8 heteroatoms. The monoisotopic (exact) mass is 430 g/mol. The van der Waals surface area contributed by atoms with Gasteiger partial charge >= 0.3 is 0 Å². The fourth-order valence-corrected chi connectivity index (χ4v) is 3.97. The summed E-state index contributed by atoms with van der Waals surface area (Å²) in [6.45, 7) is 0.898. The van der Waals surface area contributed by atoms with Crippen LogP contribution in [0, 0.1) is 4.77 Å². The highest BCUT2D eigenvalue weighted by Gasteiger charge is 2.27. The molecule has 0 bridgehead atoms. The van der Waals surface area contributed by atoms with Crippen LogP contribution in [0.4, 0.5) is 0 Å². The van der Waals surface area contributed by atoms with Crippen molar-refractivity contribution in [1.82, 2.24) is 29.9 Å². The van der Waals surface area contributed by atoms with Crippen LogP contribution in [0.5, 0.6) is 0 Å². The van der Waals surface area contributed by atoms with Gasteiger partial charge in [0.25, 0.3) is 5.91 Å². The van der Waals surface area contributed by atoms with E-state index in [1.165, 1.54) is 0 Å². The van der Waals surface area contributed by atoms with E-state index in [1.807, 2.05) is 76.1 Å². The first kappa shape index (κ1) is 19.4. The Bertz CT molecular complexity index is 1250. The molecule has 2 heterocycles. The van der Waals surface area contributed by atoms with Gasteiger partial charge in [-0.25, -0.2) is 0 Å². The average Bonchev–Trinajstić information content (AvgIpc) is 3.44. The third-order valence-electron chi connectivity index (χ3n) is 5.34. The largest absolute Gasteiger partial charge is 0.345 e. The van der Waals surface area contributed by atoms with Gasteiger partial charge in [0, 0.05) is 17.8 Å². The van der Waals surface area contributed by atoms with Crippen LogP contribution in [-0.2, 0) is 13.1 Å². The summed E-state index contributed by atoms with van der Waals surface area (Å²) in [7, 11) is 0. The van der Waals surface area contributed by atoms with Crippen LogP contribution in [0.25, 0.3) is 11.3 Å². The Kier molecular flexibility index (Phi) is 5.21. The molecule has 1 amide bonds. The molecule has 2 aromatic carbocycles. The zero-order chi connectivity index (χ0) is 21.2. The second kappa shape index (κ2) is 8.31. The SMILES string of the molecule is O=C(NCc1n[nH]c(=S)n1C1CC1)c1cn(Cc2ccccc2)nc1-c1ccccc1. The zero-order valence-corrected chi connectivity index (χ0v) is 17.7. The highest BCUT2D eigenvalue weighted by molar-refractivity contribution is 7.71. The molecule has 2 aromatic heterocycles. The number of hydrogen-bond donors (Lipinski definition) is 2. The van der Waals surface area contributed by atoms with Crippen molar-refractivity contribution in [3.63, 3.8) is 0 Å². The van der Waals surface area contributed by atoms with E-state index in [-0.39, 0.29) is 5.91 Å². The van der Waals surface area contributed by atoms with E-state index in [1.54, 1.807) is 0 Å². The minimum Gasteiger partial charge on any atom is -0.345 e. The third-order valence-corrected chi connectivity index (χ3v) is 5.63. The maximum absolute atomic E-state index is 13.1. The summed E-state index contributed by atoms with van der Waals surface area (Å²) >= 11 is 5.33. The Labute approximate surface area is 184 Å². The fraction of sp³-hybridized carbons (Fsp3) is 0.217. The van der Waals surface area contributed by atoms with Crippen LogP contribution >= 0.6 is 12.2 Å². The van der Waals surface area contributed by atoms with Crippen molar-refractivity contribution in [2.45, 2.75) is 32.0 Å². The fourth-order valence-electron chi connectivity index (χ4n) is 3.67. The van der Waals surface area contributed by atoms with E-state index in [2.05, 4.69) is 15.5 Å². The van der Waals surface area contributed by atoms with Crippen molar-refractivity contribution in [3.05, 3.63) is 88.6 Å². The number of aromatic amines is 1. The lowest BCUT2D eigenvalue weighted by Crippen LogP contribution is -2.25. The van der Waals surface area contributed by atoms with Gasteiger partial charge in [0.2, 0.25) is 0 Å². The Morgan fingerprint density at radius 1 is 1.10 bits per heavy atom. The zero-order valence-electron chi connectivity index (χ0n) is 16.9. The van der Waals surface area contributed by atoms with Gasteiger partial charge in [-0.05, 0) is 30.6 Å². The van der Waals surface area contributed by atoms with Gasteiger partial charge in [0.15, 0.2) is 10.6 Å². The molecule has 0 saturated heterocycles. The van der Waals surface area contributed by atoms with Crippen molar-refractivity contribution in [2.75, 3.05) is 0 Å². The molecular formula is C23H22N6OS. The molecule has 1 aliphatic rings. The molecule has 5 rings (SSSR count). The standard InChI is InChI=1S/C23H22N6OS/c30-22(24-13-20-25-26-23(31)29(20)18-11-12-18)19-15-28(14-16-7-3-1-4-8-16)27-21(19)17-9-5-2-6-10-17/h1-10,15,18H,11-14H2,(H,24,30)(H,26,31). The van der Waals surface area contributed by atoms with Gasteiger partial charge in [-0.1, -0.05) is 60.7 Å². The first-order valence-electron chi connectivity index (χ1n) is 10.3. The second-order valence-electron chi connectivity index (χ2n) is 7.67. The molecule has 2 N–H and O–H groups in total. The molecular weight excluding hydrogens is 408 g/mol. The quantitative estimate of drug-likeness (QED) is 0.432. The van der Waals surface area contributed by atoms with Crippen LogP contribution in [-0.4, -0.2) is 30.5 Å². The molecule has 7 nitrogen and oxygen atoms in total. The Balaban J connectivity index is 1.41. The van der Waals surface area contributed by atoms with Gasteiger partial charge < -0.3 is 5.32 Å². The Morgan fingerprint density at radius 2 is 1.81 bits per heavy atom. The van der Waals surface area contributed by atoms with E-state index >= 15 is 0 Å². The maximum atomic E-state index is 13.1. The summed E-state index contributed by atoms with van der Waals surface area (Å²) in [5.74, 6) is 0.563.